The maximum Gasteiger partial charge on any atom is 0.459 e. The quantitative estimate of drug-likeness (QED) is 0.288. The van der Waals surface area contributed by atoms with Crippen molar-refractivity contribution in [2.75, 3.05) is 6.61 Å². The lowest BCUT2D eigenvalue weighted by Gasteiger charge is -2.59. The highest BCUT2D eigenvalue weighted by atomic mass is 32.2. The van der Waals surface area contributed by atoms with Crippen LogP contribution in [0.1, 0.15) is 39.0 Å². The Morgan fingerprint density at radius 3 is 2.00 bits per heavy atom. The molecular formula is C17H22F4O6S. The Balaban J connectivity index is 1.62. The minimum atomic E-state index is -6.43. The summed E-state index contributed by atoms with van der Waals surface area (Å²) in [7, 11) is -6.43. The van der Waals surface area contributed by atoms with Crippen LogP contribution in [0.25, 0.3) is 0 Å². The molecule has 0 saturated heterocycles. The third-order valence-electron chi connectivity index (χ3n) is 6.45. The predicted octanol–water partition coefficient (Wildman–Crippen LogP) is 3.39. The SMILES string of the molecule is C=C(COC(F)(F)C(F)(F)S(=O)(=O)O)C(=O)OC1(C)C2CC3CC(C2)CC1C3. The van der Waals surface area contributed by atoms with Gasteiger partial charge in [0.25, 0.3) is 0 Å². The summed E-state index contributed by atoms with van der Waals surface area (Å²) in [5, 5.41) is -5.88. The molecule has 28 heavy (non-hydrogen) atoms. The van der Waals surface area contributed by atoms with Gasteiger partial charge in [-0.2, -0.15) is 26.0 Å². The molecule has 0 aromatic rings. The second-order valence-electron chi connectivity index (χ2n) is 8.28. The maximum absolute atomic E-state index is 13.4. The molecular weight excluding hydrogens is 408 g/mol. The highest BCUT2D eigenvalue weighted by Crippen LogP contribution is 2.59. The van der Waals surface area contributed by atoms with E-state index in [0.29, 0.717) is 11.8 Å². The third kappa shape index (κ3) is 3.45. The highest BCUT2D eigenvalue weighted by molar-refractivity contribution is 7.86. The molecule has 4 aliphatic carbocycles. The first-order valence-corrected chi connectivity index (χ1v) is 10.4. The largest absolute Gasteiger partial charge is 0.459 e. The lowest BCUT2D eigenvalue weighted by atomic mass is 9.50. The predicted molar refractivity (Wildman–Crippen MR) is 88.1 cm³/mol. The van der Waals surface area contributed by atoms with Gasteiger partial charge in [-0.1, -0.05) is 6.58 Å². The second kappa shape index (κ2) is 6.66. The summed E-state index contributed by atoms with van der Waals surface area (Å²) in [6.45, 7) is 3.64. The van der Waals surface area contributed by atoms with E-state index in [2.05, 4.69) is 11.3 Å². The molecule has 4 rings (SSSR count). The van der Waals surface area contributed by atoms with Crippen molar-refractivity contribution < 1.29 is 44.8 Å². The van der Waals surface area contributed by atoms with Crippen LogP contribution < -0.4 is 0 Å². The van der Waals surface area contributed by atoms with E-state index < -0.39 is 45.2 Å². The molecule has 11 heteroatoms. The number of hydrogen-bond donors (Lipinski definition) is 1. The molecule has 0 aromatic heterocycles. The topological polar surface area (TPSA) is 89.9 Å². The lowest BCUT2D eigenvalue weighted by Crippen LogP contribution is -2.58. The van der Waals surface area contributed by atoms with Crippen molar-refractivity contribution in [3.63, 3.8) is 0 Å². The van der Waals surface area contributed by atoms with Gasteiger partial charge in [0.2, 0.25) is 0 Å². The van der Waals surface area contributed by atoms with Crippen molar-refractivity contribution in [3.8, 4) is 0 Å². The van der Waals surface area contributed by atoms with E-state index in [1.54, 1.807) is 6.92 Å². The van der Waals surface area contributed by atoms with Gasteiger partial charge in [0, 0.05) is 0 Å². The number of rotatable bonds is 7. The monoisotopic (exact) mass is 430 g/mol. The van der Waals surface area contributed by atoms with Crippen LogP contribution in [0.5, 0.6) is 0 Å². The zero-order valence-corrected chi connectivity index (χ0v) is 16.0. The highest BCUT2D eigenvalue weighted by Gasteiger charge is 2.67. The van der Waals surface area contributed by atoms with Crippen LogP contribution in [0.4, 0.5) is 17.6 Å². The van der Waals surface area contributed by atoms with Crippen LogP contribution >= 0.6 is 0 Å². The average molecular weight is 430 g/mol. The molecule has 160 valence electrons. The molecule has 4 fully saturated rings. The Hall–Kier alpha value is -1.20. The molecule has 1 N–H and O–H groups in total. The molecule has 0 unspecified atom stereocenters. The van der Waals surface area contributed by atoms with Gasteiger partial charge in [0.05, 0.1) is 12.2 Å². The van der Waals surface area contributed by atoms with Crippen molar-refractivity contribution in [1.29, 1.82) is 0 Å². The first-order chi connectivity index (χ1) is 12.7. The van der Waals surface area contributed by atoms with E-state index in [0.717, 1.165) is 25.7 Å². The van der Waals surface area contributed by atoms with Crippen molar-refractivity contribution in [1.82, 2.24) is 0 Å². The second-order valence-corrected chi connectivity index (χ2v) is 9.74. The summed E-state index contributed by atoms with van der Waals surface area (Å²) in [6, 6.07) is 0. The number of esters is 1. The lowest BCUT2D eigenvalue weighted by molar-refractivity contribution is -0.314. The van der Waals surface area contributed by atoms with E-state index in [1.165, 1.54) is 6.42 Å². The van der Waals surface area contributed by atoms with Crippen molar-refractivity contribution in [3.05, 3.63) is 12.2 Å². The van der Waals surface area contributed by atoms with Crippen molar-refractivity contribution in [2.45, 2.75) is 56.0 Å². The van der Waals surface area contributed by atoms with Crippen LogP contribution in [-0.4, -0.2) is 42.5 Å². The summed E-state index contributed by atoms with van der Waals surface area (Å²) in [5.74, 6) is 0.434. The van der Waals surface area contributed by atoms with Crippen LogP contribution in [0.3, 0.4) is 0 Å². The van der Waals surface area contributed by atoms with E-state index in [9.17, 15) is 30.8 Å². The molecule has 0 aromatic carbocycles. The van der Waals surface area contributed by atoms with Gasteiger partial charge in [-0.05, 0) is 62.7 Å². The number of carbonyl (C=O) groups excluding carboxylic acids is 1. The molecule has 4 saturated carbocycles. The van der Waals surface area contributed by atoms with Gasteiger partial charge >= 0.3 is 27.5 Å². The van der Waals surface area contributed by atoms with Gasteiger partial charge in [0.15, 0.2) is 0 Å². The van der Waals surface area contributed by atoms with Gasteiger partial charge in [-0.15, -0.1) is 0 Å². The summed E-state index contributed by atoms with van der Waals surface area (Å²) < 4.78 is 91.4. The Morgan fingerprint density at radius 1 is 1.11 bits per heavy atom. The van der Waals surface area contributed by atoms with Crippen LogP contribution in [0, 0.1) is 23.7 Å². The third-order valence-corrected chi connectivity index (χ3v) is 7.34. The Labute approximate surface area is 160 Å². The van der Waals surface area contributed by atoms with Gasteiger partial charge in [-0.3, -0.25) is 4.55 Å². The number of carbonyl (C=O) groups is 1. The smallest absolute Gasteiger partial charge is 0.455 e. The normalized spacial score (nSPS) is 35.1. The van der Waals surface area contributed by atoms with Crippen LogP contribution in [0.2, 0.25) is 0 Å². The van der Waals surface area contributed by atoms with Crippen LogP contribution in [-0.2, 0) is 24.4 Å². The van der Waals surface area contributed by atoms with E-state index in [1.807, 2.05) is 0 Å². The minimum Gasteiger partial charge on any atom is -0.455 e. The van der Waals surface area contributed by atoms with Crippen molar-refractivity contribution in [2.24, 2.45) is 23.7 Å². The molecule has 0 atom stereocenters. The molecule has 4 bridgehead atoms. The summed E-state index contributed by atoms with van der Waals surface area (Å²) >= 11 is 0. The maximum atomic E-state index is 13.4. The Kier molecular flexibility index (Phi) is 5.12. The molecule has 0 heterocycles. The number of halogens is 4. The van der Waals surface area contributed by atoms with E-state index in [4.69, 9.17) is 9.29 Å². The van der Waals surface area contributed by atoms with Gasteiger partial charge in [-0.25, -0.2) is 4.79 Å². The first kappa shape index (κ1) is 21.5. The van der Waals surface area contributed by atoms with Gasteiger partial charge in [0.1, 0.15) is 5.60 Å². The average Bonchev–Trinajstić information content (AvgIpc) is 2.56. The number of hydrogen-bond acceptors (Lipinski definition) is 5. The van der Waals surface area contributed by atoms with Crippen molar-refractivity contribution >= 4 is 16.1 Å². The fourth-order valence-electron chi connectivity index (χ4n) is 5.03. The Morgan fingerprint density at radius 2 is 1.57 bits per heavy atom. The fourth-order valence-corrected chi connectivity index (χ4v) is 5.39. The Bertz CT molecular complexity index is 751. The molecule has 0 aliphatic heterocycles. The summed E-state index contributed by atoms with van der Waals surface area (Å²) in [4.78, 5) is 12.3. The van der Waals surface area contributed by atoms with Gasteiger partial charge < -0.3 is 9.47 Å². The molecule has 0 spiro atoms. The fraction of sp³-hybridized carbons (Fsp3) is 0.824. The van der Waals surface area contributed by atoms with E-state index in [-0.39, 0.29) is 11.8 Å². The number of alkyl halides is 4. The standard InChI is InChI=1S/C17H22F4O6S/c1-9(8-26-16(18,19)17(20,21)28(23,24)25)14(22)27-15(2)12-4-10-3-11(6-12)7-13(15)5-10/h10-13H,1,3-8H2,2H3,(H,23,24,25). The van der Waals surface area contributed by atoms with Crippen LogP contribution in [0.15, 0.2) is 12.2 Å². The summed E-state index contributed by atoms with van der Waals surface area (Å²) in [5.41, 5.74) is -1.44. The first-order valence-electron chi connectivity index (χ1n) is 8.95. The van der Waals surface area contributed by atoms with E-state index >= 15 is 0 Å². The number of ether oxygens (including phenoxy) is 2. The molecule has 4 aliphatic rings. The molecule has 0 radical (unpaired) electrons. The minimum absolute atomic E-state index is 0.145. The zero-order chi connectivity index (χ0) is 21.1. The summed E-state index contributed by atoms with van der Waals surface area (Å²) in [6.07, 6.45) is -0.724. The molecule has 0 amide bonds. The zero-order valence-electron chi connectivity index (χ0n) is 15.2. The molecule has 6 nitrogen and oxygen atoms in total.